The smallest absolute Gasteiger partial charge is 0.165 e. The fourth-order valence-electron chi connectivity index (χ4n) is 5.27. The lowest BCUT2D eigenvalue weighted by Gasteiger charge is -2.57. The first-order valence-corrected chi connectivity index (χ1v) is 7.99. The minimum atomic E-state index is -2.23. The summed E-state index contributed by atoms with van der Waals surface area (Å²) in [7, 11) is 0. The number of ether oxygens (including phenoxy) is 1. The second-order valence-corrected chi connectivity index (χ2v) is 6.88. The molecular weight excluding hydrogens is 290 g/mol. The Morgan fingerprint density at radius 3 is 3.35 bits per heavy atom. The van der Waals surface area contributed by atoms with Gasteiger partial charge >= 0.3 is 0 Å². The van der Waals surface area contributed by atoms with Crippen LogP contribution in [0.4, 0.5) is 0 Å². The number of nitrogens with zero attached hydrogens (tertiary/aromatic N) is 1. The third-order valence-corrected chi connectivity index (χ3v) is 6.07. The Bertz CT molecular complexity index is 928. The highest BCUT2D eigenvalue weighted by molar-refractivity contribution is 5.61. The Morgan fingerprint density at radius 1 is 1.57 bits per heavy atom. The number of likely N-dealkylation sites (tertiary alicyclic amines) is 1. The number of rotatable bonds is 2. The molecule has 2 aliphatic heterocycles. The molecule has 0 unspecified atom stereocenters. The predicted octanol–water partition coefficient (Wildman–Crippen LogP) is 1.75. The topological polar surface area (TPSA) is 52.9 Å². The molecule has 4 heteroatoms. The van der Waals surface area contributed by atoms with Crippen molar-refractivity contribution in [2.45, 2.75) is 36.5 Å². The minimum absolute atomic E-state index is 0.0501. The lowest BCUT2D eigenvalue weighted by molar-refractivity contribution is -0.0488. The molecule has 2 bridgehead atoms. The van der Waals surface area contributed by atoms with Crippen molar-refractivity contribution in [2.75, 3.05) is 13.0 Å². The van der Waals surface area contributed by atoms with Crippen molar-refractivity contribution in [3.63, 3.8) is 0 Å². The number of aliphatic hydroxyl groups is 1. The fraction of sp³-hybridized carbons (Fsp3) is 0.474. The van der Waals surface area contributed by atoms with E-state index in [1.807, 2.05) is 12.1 Å². The van der Waals surface area contributed by atoms with Crippen molar-refractivity contribution in [3.05, 3.63) is 48.0 Å². The van der Waals surface area contributed by atoms with E-state index in [1.54, 1.807) is 17.0 Å². The van der Waals surface area contributed by atoms with Crippen LogP contribution in [0.1, 0.15) is 24.4 Å². The van der Waals surface area contributed by atoms with E-state index in [-0.39, 0.29) is 17.7 Å². The minimum Gasteiger partial charge on any atom is -0.504 e. The summed E-state index contributed by atoms with van der Waals surface area (Å²) in [6.45, 7) is -2.76. The molecule has 1 aromatic carbocycles. The standard InChI is InChI=1S/C19H21NO3/c1-2-8-20-9-7-19-12-4-6-15(22)18(19)23-17-14(21)5-3-11(16(17)19)10-13(12)20/h2-6,12-13,15,18,21-22H,1,7-10H2/t12-,13+,15-,18-,19-/m0/s1/i1D2,2D,8D2. The van der Waals surface area contributed by atoms with Crippen molar-refractivity contribution in [2.24, 2.45) is 5.92 Å². The van der Waals surface area contributed by atoms with Gasteiger partial charge in [-0.3, -0.25) is 4.90 Å². The summed E-state index contributed by atoms with van der Waals surface area (Å²) >= 11 is 0. The van der Waals surface area contributed by atoms with Crippen LogP contribution in [0.5, 0.6) is 11.5 Å². The first-order valence-electron chi connectivity index (χ1n) is 10.5. The molecule has 1 spiro atoms. The van der Waals surface area contributed by atoms with Gasteiger partial charge in [0.25, 0.3) is 0 Å². The fourth-order valence-corrected chi connectivity index (χ4v) is 5.27. The highest BCUT2D eigenvalue weighted by Gasteiger charge is 2.64. The summed E-state index contributed by atoms with van der Waals surface area (Å²) in [4.78, 5) is 1.58. The number of phenolic OH excluding ortho intramolecular Hbond substituents is 1. The van der Waals surface area contributed by atoms with Crippen LogP contribution in [0.3, 0.4) is 0 Å². The van der Waals surface area contributed by atoms with Crippen molar-refractivity contribution in [3.8, 4) is 11.5 Å². The molecule has 4 aliphatic rings. The van der Waals surface area contributed by atoms with Gasteiger partial charge in [-0.2, -0.15) is 0 Å². The van der Waals surface area contributed by atoms with Crippen LogP contribution in [0.2, 0.25) is 0 Å². The predicted molar refractivity (Wildman–Crippen MR) is 86.7 cm³/mol. The summed E-state index contributed by atoms with van der Waals surface area (Å²) < 4.78 is 45.8. The Morgan fingerprint density at radius 2 is 2.48 bits per heavy atom. The molecule has 0 radical (unpaired) electrons. The van der Waals surface area contributed by atoms with E-state index in [0.717, 1.165) is 11.1 Å². The molecule has 5 atom stereocenters. The van der Waals surface area contributed by atoms with Crippen LogP contribution < -0.4 is 4.74 Å². The van der Waals surface area contributed by atoms with Crippen LogP contribution in [-0.2, 0) is 11.8 Å². The third-order valence-electron chi connectivity index (χ3n) is 6.07. The Balaban J connectivity index is 1.70. The van der Waals surface area contributed by atoms with E-state index in [2.05, 4.69) is 0 Å². The summed E-state index contributed by atoms with van der Waals surface area (Å²) in [6, 6.07) is 2.44. The summed E-state index contributed by atoms with van der Waals surface area (Å²) in [6.07, 6.45) is 3.21. The molecule has 120 valence electrons. The Hall–Kier alpha value is -1.78. The van der Waals surface area contributed by atoms with Gasteiger partial charge in [-0.25, -0.2) is 0 Å². The zero-order valence-electron chi connectivity index (χ0n) is 17.5. The van der Waals surface area contributed by atoms with E-state index < -0.39 is 36.7 Å². The van der Waals surface area contributed by atoms with Crippen LogP contribution in [0.15, 0.2) is 36.9 Å². The summed E-state index contributed by atoms with van der Waals surface area (Å²) in [5.74, 6) is 0.313. The molecule has 5 rings (SSSR count). The van der Waals surface area contributed by atoms with Crippen molar-refractivity contribution < 1.29 is 21.8 Å². The average Bonchev–Trinajstić information content (AvgIpc) is 2.99. The molecular formula is C19H21NO3. The number of hydrogen-bond acceptors (Lipinski definition) is 4. The average molecular weight is 316 g/mol. The monoisotopic (exact) mass is 316 g/mol. The van der Waals surface area contributed by atoms with Crippen molar-refractivity contribution >= 4 is 0 Å². The number of piperidine rings is 1. The number of benzene rings is 1. The van der Waals surface area contributed by atoms with Gasteiger partial charge in [-0.1, -0.05) is 24.3 Å². The molecule has 0 amide bonds. The van der Waals surface area contributed by atoms with Gasteiger partial charge in [-0.15, -0.1) is 6.53 Å². The van der Waals surface area contributed by atoms with E-state index in [4.69, 9.17) is 11.6 Å². The molecule has 4 nitrogen and oxygen atoms in total. The van der Waals surface area contributed by atoms with Gasteiger partial charge < -0.3 is 14.9 Å². The van der Waals surface area contributed by atoms with Crippen molar-refractivity contribution in [1.82, 2.24) is 4.90 Å². The van der Waals surface area contributed by atoms with Crippen LogP contribution >= 0.6 is 0 Å². The second-order valence-electron chi connectivity index (χ2n) is 6.88. The van der Waals surface area contributed by atoms with Gasteiger partial charge in [0.2, 0.25) is 0 Å². The van der Waals surface area contributed by atoms with E-state index in [0.29, 0.717) is 25.1 Å². The van der Waals surface area contributed by atoms with Gasteiger partial charge in [0.05, 0.1) is 4.11 Å². The zero-order chi connectivity index (χ0) is 20.0. The van der Waals surface area contributed by atoms with E-state index in [1.165, 1.54) is 0 Å². The molecule has 2 N–H and O–H groups in total. The van der Waals surface area contributed by atoms with Crippen LogP contribution in [0.25, 0.3) is 0 Å². The quantitative estimate of drug-likeness (QED) is 0.816. The number of aromatic hydroxyl groups is 1. The molecule has 2 aliphatic carbocycles. The van der Waals surface area contributed by atoms with Gasteiger partial charge in [0.15, 0.2) is 11.5 Å². The maximum absolute atomic E-state index is 10.6. The molecule has 1 aromatic rings. The third kappa shape index (κ3) is 1.49. The second kappa shape index (κ2) is 4.40. The number of aliphatic hydroxyl groups excluding tert-OH is 1. The largest absolute Gasteiger partial charge is 0.504 e. The zero-order valence-corrected chi connectivity index (χ0v) is 12.5. The molecule has 0 aromatic heterocycles. The van der Waals surface area contributed by atoms with E-state index >= 15 is 0 Å². The van der Waals surface area contributed by atoms with Crippen LogP contribution in [-0.4, -0.2) is 46.4 Å². The van der Waals surface area contributed by atoms with E-state index in [9.17, 15) is 10.2 Å². The summed E-state index contributed by atoms with van der Waals surface area (Å²) in [5.41, 5.74) is 1.32. The van der Waals surface area contributed by atoms with Gasteiger partial charge in [0, 0.05) is 32.2 Å². The van der Waals surface area contributed by atoms with Gasteiger partial charge in [0.1, 0.15) is 12.2 Å². The maximum Gasteiger partial charge on any atom is 0.165 e. The highest BCUT2D eigenvalue weighted by atomic mass is 16.5. The first-order chi connectivity index (χ1) is 13.2. The van der Waals surface area contributed by atoms with Crippen LogP contribution in [0, 0.1) is 5.92 Å². The molecule has 23 heavy (non-hydrogen) atoms. The molecule has 2 heterocycles. The first kappa shape index (κ1) is 9.50. The lowest BCUT2D eigenvalue weighted by atomic mass is 9.53. The maximum atomic E-state index is 10.6. The summed E-state index contributed by atoms with van der Waals surface area (Å²) in [5, 5.41) is 20.9. The SMILES string of the molecule is [2H]C([2H])=C([2H])C([2H])([2H])N1CC[C@]23c4c5ccc(O)c4O[C@H]2[C@@H](O)C=C[C@H]3[C@H]1C5. The molecule has 0 saturated carbocycles. The molecule has 1 fully saturated rings. The number of hydrogen-bond donors (Lipinski definition) is 2. The highest BCUT2D eigenvalue weighted by Crippen LogP contribution is 2.62. The lowest BCUT2D eigenvalue weighted by Crippen LogP contribution is -2.65. The normalized spacial score (nSPS) is 43.3. The Kier molecular flexibility index (Phi) is 1.82. The number of phenols is 1. The molecule has 1 saturated heterocycles. The van der Waals surface area contributed by atoms with Crippen molar-refractivity contribution in [1.29, 1.82) is 0 Å². The van der Waals surface area contributed by atoms with Gasteiger partial charge in [-0.05, 0) is 31.0 Å². The Labute approximate surface area is 142 Å².